The van der Waals surface area contributed by atoms with Crippen LogP contribution in [0, 0.1) is 10.1 Å². The molecule has 3 rings (SSSR count). The van der Waals surface area contributed by atoms with Crippen LogP contribution in [0.4, 0.5) is 10.5 Å². The van der Waals surface area contributed by atoms with Crippen molar-refractivity contribution in [1.82, 2.24) is 10.6 Å². The standard InChI is InChI=1S/C17H19N3O6/c1-9-14(16(22)26-11-4-2-3-5-11)15(19-17(23)18-9)10-6-7-13(21)12(8-10)20(24)25/h6-8,11,15,21H,2-5H2,1H3,(H2,18,19,23)/t15-/m1/s1. The smallest absolute Gasteiger partial charge is 0.338 e. The monoisotopic (exact) mass is 361 g/mol. The Morgan fingerprint density at radius 2 is 2.04 bits per heavy atom. The molecule has 9 nitrogen and oxygen atoms in total. The number of aromatic hydroxyl groups is 1. The number of benzene rings is 1. The molecule has 2 amide bonds. The summed E-state index contributed by atoms with van der Waals surface area (Å²) in [6.45, 7) is 1.58. The first-order valence-corrected chi connectivity index (χ1v) is 8.33. The zero-order valence-electron chi connectivity index (χ0n) is 14.2. The van der Waals surface area contributed by atoms with Crippen LogP contribution in [0.1, 0.15) is 44.2 Å². The zero-order valence-corrected chi connectivity index (χ0v) is 14.2. The number of carbonyl (C=O) groups is 2. The number of rotatable bonds is 4. The largest absolute Gasteiger partial charge is 0.502 e. The van der Waals surface area contributed by atoms with Gasteiger partial charge in [0, 0.05) is 11.8 Å². The van der Waals surface area contributed by atoms with Gasteiger partial charge in [0.1, 0.15) is 6.10 Å². The van der Waals surface area contributed by atoms with E-state index in [1.165, 1.54) is 6.07 Å². The fourth-order valence-corrected chi connectivity index (χ4v) is 3.30. The first kappa shape index (κ1) is 17.7. The van der Waals surface area contributed by atoms with Gasteiger partial charge in [0.15, 0.2) is 5.75 Å². The molecule has 0 spiro atoms. The van der Waals surface area contributed by atoms with Gasteiger partial charge in [-0.05, 0) is 44.2 Å². The Hall–Kier alpha value is -3.10. The summed E-state index contributed by atoms with van der Waals surface area (Å²) in [6.07, 6.45) is 3.44. The van der Waals surface area contributed by atoms with Gasteiger partial charge in [-0.2, -0.15) is 0 Å². The number of nitrogens with one attached hydrogen (secondary N) is 2. The van der Waals surface area contributed by atoms with Gasteiger partial charge >= 0.3 is 17.7 Å². The number of nitrogens with zero attached hydrogens (tertiary/aromatic N) is 1. The van der Waals surface area contributed by atoms with Crippen molar-refractivity contribution in [3.63, 3.8) is 0 Å². The molecule has 1 aromatic carbocycles. The molecule has 0 saturated heterocycles. The Bertz CT molecular complexity index is 798. The van der Waals surface area contributed by atoms with Crippen LogP contribution in [-0.4, -0.2) is 28.1 Å². The number of esters is 1. The van der Waals surface area contributed by atoms with Crippen molar-refractivity contribution in [2.45, 2.75) is 44.8 Å². The topological polar surface area (TPSA) is 131 Å². The molecule has 3 N–H and O–H groups in total. The second-order valence-corrected chi connectivity index (χ2v) is 6.39. The quantitative estimate of drug-likeness (QED) is 0.429. The number of phenolic OH excluding ortho intramolecular Hbond substituents is 1. The lowest BCUT2D eigenvalue weighted by Gasteiger charge is -2.28. The SMILES string of the molecule is CC1=C(C(=O)OC2CCCC2)[C@@H](c2ccc(O)c([N+](=O)[O-])c2)NC(=O)N1. The highest BCUT2D eigenvalue weighted by atomic mass is 16.6. The van der Waals surface area contributed by atoms with Gasteiger partial charge in [0.2, 0.25) is 0 Å². The molecular formula is C17H19N3O6. The second-order valence-electron chi connectivity index (χ2n) is 6.39. The Morgan fingerprint density at radius 3 is 2.69 bits per heavy atom. The molecular weight excluding hydrogens is 342 g/mol. The number of carbonyl (C=O) groups excluding carboxylic acids is 2. The molecule has 2 aliphatic rings. The average Bonchev–Trinajstić information content (AvgIpc) is 3.07. The Balaban J connectivity index is 1.96. The number of nitro benzene ring substituents is 1. The molecule has 138 valence electrons. The molecule has 0 bridgehead atoms. The van der Waals surface area contributed by atoms with Gasteiger partial charge < -0.3 is 20.5 Å². The Morgan fingerprint density at radius 1 is 1.35 bits per heavy atom. The number of nitro groups is 1. The van der Waals surface area contributed by atoms with Crippen molar-refractivity contribution in [2.24, 2.45) is 0 Å². The summed E-state index contributed by atoms with van der Waals surface area (Å²) in [6, 6.07) is 2.30. The van der Waals surface area contributed by atoms with Gasteiger partial charge in [0.05, 0.1) is 16.5 Å². The van der Waals surface area contributed by atoms with E-state index in [2.05, 4.69) is 10.6 Å². The van der Waals surface area contributed by atoms with Crippen molar-refractivity contribution >= 4 is 17.7 Å². The molecule has 1 fully saturated rings. The highest BCUT2D eigenvalue weighted by molar-refractivity contribution is 5.95. The Labute approximate surface area is 149 Å². The van der Waals surface area contributed by atoms with E-state index in [0.717, 1.165) is 37.8 Å². The van der Waals surface area contributed by atoms with Crippen LogP contribution in [-0.2, 0) is 9.53 Å². The summed E-state index contributed by atoms with van der Waals surface area (Å²) in [4.78, 5) is 34.9. The van der Waals surface area contributed by atoms with Crippen molar-refractivity contribution in [3.05, 3.63) is 45.1 Å². The summed E-state index contributed by atoms with van der Waals surface area (Å²) < 4.78 is 5.54. The third-order valence-corrected chi connectivity index (χ3v) is 4.59. The summed E-state index contributed by atoms with van der Waals surface area (Å²) >= 11 is 0. The van der Waals surface area contributed by atoms with E-state index in [1.54, 1.807) is 6.92 Å². The number of phenols is 1. The molecule has 1 aromatic rings. The predicted molar refractivity (Wildman–Crippen MR) is 90.2 cm³/mol. The number of allylic oxidation sites excluding steroid dienone is 1. The molecule has 0 unspecified atom stereocenters. The van der Waals surface area contributed by atoms with E-state index >= 15 is 0 Å². The zero-order chi connectivity index (χ0) is 18.8. The maximum atomic E-state index is 12.7. The van der Waals surface area contributed by atoms with Crippen LogP contribution < -0.4 is 10.6 Å². The number of ether oxygens (including phenoxy) is 1. The predicted octanol–water partition coefficient (Wildman–Crippen LogP) is 2.41. The molecule has 1 heterocycles. The normalized spacial score (nSPS) is 20.5. The number of hydrogen-bond acceptors (Lipinski definition) is 6. The van der Waals surface area contributed by atoms with Crippen LogP contribution in [0.3, 0.4) is 0 Å². The van der Waals surface area contributed by atoms with Crippen molar-refractivity contribution in [3.8, 4) is 5.75 Å². The maximum Gasteiger partial charge on any atom is 0.338 e. The second kappa shape index (κ2) is 7.03. The van der Waals surface area contributed by atoms with E-state index in [-0.39, 0.29) is 11.7 Å². The minimum absolute atomic E-state index is 0.157. The molecule has 26 heavy (non-hydrogen) atoms. The van der Waals surface area contributed by atoms with E-state index in [1.807, 2.05) is 0 Å². The third-order valence-electron chi connectivity index (χ3n) is 4.59. The highest BCUT2D eigenvalue weighted by Crippen LogP contribution is 2.34. The van der Waals surface area contributed by atoms with Gasteiger partial charge in [-0.25, -0.2) is 9.59 Å². The first-order valence-electron chi connectivity index (χ1n) is 8.33. The molecule has 1 atom stereocenters. The summed E-state index contributed by atoms with van der Waals surface area (Å²) in [7, 11) is 0. The first-order chi connectivity index (χ1) is 12.4. The van der Waals surface area contributed by atoms with Crippen LogP contribution in [0.5, 0.6) is 5.75 Å². The number of urea groups is 1. The molecule has 1 saturated carbocycles. The fourth-order valence-electron chi connectivity index (χ4n) is 3.30. The van der Waals surface area contributed by atoms with Crippen LogP contribution in [0.2, 0.25) is 0 Å². The molecule has 0 radical (unpaired) electrons. The molecule has 1 aliphatic carbocycles. The molecule has 9 heteroatoms. The minimum Gasteiger partial charge on any atom is -0.502 e. The summed E-state index contributed by atoms with van der Waals surface area (Å²) in [5.74, 6) is -1.06. The van der Waals surface area contributed by atoms with Crippen molar-refractivity contribution < 1.29 is 24.4 Å². The minimum atomic E-state index is -0.906. The Kier molecular flexibility index (Phi) is 4.79. The summed E-state index contributed by atoms with van der Waals surface area (Å²) in [5.41, 5.74) is 0.326. The van der Waals surface area contributed by atoms with Gasteiger partial charge in [0.25, 0.3) is 0 Å². The van der Waals surface area contributed by atoms with Gasteiger partial charge in [-0.1, -0.05) is 6.07 Å². The lowest BCUT2D eigenvalue weighted by molar-refractivity contribution is -0.385. The van der Waals surface area contributed by atoms with Crippen LogP contribution >= 0.6 is 0 Å². The molecule has 1 aliphatic heterocycles. The van der Waals surface area contributed by atoms with E-state index < -0.39 is 34.4 Å². The lowest BCUT2D eigenvalue weighted by Crippen LogP contribution is -2.45. The highest BCUT2D eigenvalue weighted by Gasteiger charge is 2.34. The number of hydrogen-bond donors (Lipinski definition) is 3. The van der Waals surface area contributed by atoms with E-state index in [0.29, 0.717) is 11.3 Å². The number of amides is 2. The third kappa shape index (κ3) is 3.46. The van der Waals surface area contributed by atoms with Gasteiger partial charge in [-0.15, -0.1) is 0 Å². The average molecular weight is 361 g/mol. The van der Waals surface area contributed by atoms with Crippen molar-refractivity contribution in [1.29, 1.82) is 0 Å². The fraction of sp³-hybridized carbons (Fsp3) is 0.412. The van der Waals surface area contributed by atoms with Gasteiger partial charge in [-0.3, -0.25) is 10.1 Å². The molecule has 0 aromatic heterocycles. The lowest BCUT2D eigenvalue weighted by atomic mass is 9.95. The van der Waals surface area contributed by atoms with E-state index in [4.69, 9.17) is 4.74 Å². The van der Waals surface area contributed by atoms with Crippen LogP contribution in [0.25, 0.3) is 0 Å². The maximum absolute atomic E-state index is 12.7. The van der Waals surface area contributed by atoms with E-state index in [9.17, 15) is 24.8 Å². The summed E-state index contributed by atoms with van der Waals surface area (Å²) in [5, 5.41) is 25.8. The van der Waals surface area contributed by atoms with Crippen LogP contribution in [0.15, 0.2) is 29.5 Å². The van der Waals surface area contributed by atoms with Crippen molar-refractivity contribution in [2.75, 3.05) is 0 Å².